The van der Waals surface area contributed by atoms with Gasteiger partial charge in [0.15, 0.2) is 11.6 Å². The van der Waals surface area contributed by atoms with E-state index < -0.39 is 23.7 Å². The molecule has 1 aromatic heterocycles. The van der Waals surface area contributed by atoms with E-state index >= 15 is 0 Å². The minimum Gasteiger partial charge on any atom is -0.368 e. The number of anilines is 3. The van der Waals surface area contributed by atoms with Gasteiger partial charge in [0.05, 0.1) is 5.56 Å². The molecule has 0 aliphatic heterocycles. The summed E-state index contributed by atoms with van der Waals surface area (Å²) in [4.78, 5) is 27.5. The molecule has 0 saturated carbocycles. The van der Waals surface area contributed by atoms with Gasteiger partial charge in [-0.05, 0) is 48.9 Å². The topological polar surface area (TPSA) is 147 Å². The van der Waals surface area contributed by atoms with E-state index in [1.54, 1.807) is 14.0 Å². The summed E-state index contributed by atoms with van der Waals surface area (Å²) in [5.74, 6) is -2.16. The molecule has 0 spiro atoms. The number of hydrogen-bond donors (Lipinski definition) is 5. The number of aromatic nitrogens is 1. The third-order valence-electron chi connectivity index (χ3n) is 5.39. The van der Waals surface area contributed by atoms with Crippen LogP contribution < -0.4 is 22.1 Å². The molecule has 1 heterocycles. The summed E-state index contributed by atoms with van der Waals surface area (Å²) in [6.45, 7) is 4.40. The Morgan fingerprint density at radius 2 is 1.82 bits per heavy atom. The average Bonchev–Trinajstić information content (AvgIpc) is 2.76. The van der Waals surface area contributed by atoms with Crippen LogP contribution in [0.15, 0.2) is 30.3 Å². The zero-order valence-corrected chi connectivity index (χ0v) is 19.3. The van der Waals surface area contributed by atoms with E-state index in [4.69, 9.17) is 11.5 Å². The van der Waals surface area contributed by atoms with E-state index in [9.17, 15) is 19.2 Å². The number of nitrogens with one attached hydrogen (secondary N) is 2. The molecule has 7 N–H and O–H groups in total. The molecule has 180 valence electrons. The van der Waals surface area contributed by atoms with E-state index in [-0.39, 0.29) is 17.2 Å². The zero-order valence-electron chi connectivity index (χ0n) is 19.3. The summed E-state index contributed by atoms with van der Waals surface area (Å²) in [5, 5.41) is 16.3. The molecule has 2 rings (SSSR count). The molecule has 2 amide bonds. The number of carbonyl (C=O) groups excluding carboxylic acids is 2. The lowest BCUT2D eigenvalue weighted by Gasteiger charge is -2.19. The second-order valence-electron chi connectivity index (χ2n) is 7.99. The number of amides is 2. The van der Waals surface area contributed by atoms with Gasteiger partial charge in [-0.25, -0.2) is 9.37 Å². The van der Waals surface area contributed by atoms with Crippen LogP contribution in [0.1, 0.15) is 61.4 Å². The largest absolute Gasteiger partial charge is 0.368 e. The number of carbonyl (C=O) groups is 2. The maximum Gasteiger partial charge on any atom is 0.252 e. The molecule has 33 heavy (non-hydrogen) atoms. The Bertz CT molecular complexity index is 952. The first kappa shape index (κ1) is 26.0. The highest BCUT2D eigenvalue weighted by Gasteiger charge is 2.20. The van der Waals surface area contributed by atoms with Crippen molar-refractivity contribution in [2.75, 3.05) is 24.2 Å². The number of hydrogen-bond acceptors (Lipinski definition) is 7. The summed E-state index contributed by atoms with van der Waals surface area (Å²) in [6.07, 6.45) is 3.15. The van der Waals surface area contributed by atoms with Crippen LogP contribution in [0.25, 0.3) is 0 Å². The number of halogens is 1. The Morgan fingerprint density at radius 1 is 1.15 bits per heavy atom. The van der Waals surface area contributed by atoms with Gasteiger partial charge in [0.2, 0.25) is 5.91 Å². The first-order chi connectivity index (χ1) is 15.7. The second-order valence-corrected chi connectivity index (χ2v) is 7.99. The molecular weight excluding hydrogens is 427 g/mol. The lowest BCUT2D eigenvalue weighted by atomic mass is 9.91. The summed E-state index contributed by atoms with van der Waals surface area (Å²) in [6, 6.07) is 7.76. The van der Waals surface area contributed by atoms with Crippen LogP contribution >= 0.6 is 0 Å². The van der Waals surface area contributed by atoms with Crippen molar-refractivity contribution >= 4 is 29.1 Å². The highest BCUT2D eigenvalue weighted by atomic mass is 19.1. The molecule has 10 heteroatoms. The van der Waals surface area contributed by atoms with Gasteiger partial charge in [0, 0.05) is 19.3 Å². The van der Waals surface area contributed by atoms with E-state index in [1.807, 2.05) is 24.3 Å². The van der Waals surface area contributed by atoms with Crippen LogP contribution in [0.2, 0.25) is 0 Å². The molecule has 0 fully saturated rings. The van der Waals surface area contributed by atoms with Crippen LogP contribution in [0.5, 0.6) is 0 Å². The third-order valence-corrected chi connectivity index (χ3v) is 5.39. The fraction of sp³-hybridized carbons (Fsp3) is 0.435. The SMILES string of the molecule is CCCC(CCN(C)O)c1ccc(Nc2nc(N[C@H](CC)C(N)=O)c(F)cc2C(N)=O)cc1. The van der Waals surface area contributed by atoms with E-state index in [2.05, 4.69) is 22.5 Å². The van der Waals surface area contributed by atoms with Crippen LogP contribution in [-0.2, 0) is 4.79 Å². The standard InChI is InChI=1S/C23H33FN6O3/c1-4-6-14(11-12-30(3)33)15-7-9-16(10-8-15)27-22-17(20(25)31)13-18(24)23(29-22)28-19(5-2)21(26)32/h7-10,13-14,19,33H,4-6,11-12H2,1-3H3,(H2,25,31)(H2,26,32)(H2,27,28,29)/t14?,19-/m1/s1. The lowest BCUT2D eigenvalue weighted by Crippen LogP contribution is -2.35. The maximum absolute atomic E-state index is 14.5. The molecule has 0 bridgehead atoms. The summed E-state index contributed by atoms with van der Waals surface area (Å²) < 4.78 is 14.5. The van der Waals surface area contributed by atoms with Crippen molar-refractivity contribution in [3.05, 3.63) is 47.3 Å². The Labute approximate surface area is 193 Å². The van der Waals surface area contributed by atoms with Crippen LogP contribution in [0.4, 0.5) is 21.7 Å². The van der Waals surface area contributed by atoms with E-state index in [0.29, 0.717) is 24.6 Å². The predicted octanol–water partition coefficient (Wildman–Crippen LogP) is 3.33. The number of benzene rings is 1. The lowest BCUT2D eigenvalue weighted by molar-refractivity contribution is -0.118. The van der Waals surface area contributed by atoms with Crippen molar-refractivity contribution in [1.82, 2.24) is 10.0 Å². The number of hydroxylamine groups is 2. The number of rotatable bonds is 13. The van der Waals surface area contributed by atoms with Gasteiger partial charge >= 0.3 is 0 Å². The molecule has 1 unspecified atom stereocenters. The fourth-order valence-corrected chi connectivity index (χ4v) is 3.56. The minimum absolute atomic E-state index is 0.0606. The molecule has 0 aliphatic rings. The quantitative estimate of drug-likeness (QED) is 0.288. The molecule has 2 atom stereocenters. The van der Waals surface area contributed by atoms with Crippen LogP contribution in [0, 0.1) is 5.82 Å². The maximum atomic E-state index is 14.5. The smallest absolute Gasteiger partial charge is 0.252 e. The van der Waals surface area contributed by atoms with E-state index in [1.165, 1.54) is 5.06 Å². The van der Waals surface area contributed by atoms with Crippen molar-refractivity contribution in [2.45, 2.75) is 51.5 Å². The highest BCUT2D eigenvalue weighted by molar-refractivity contribution is 5.98. The molecule has 1 aromatic carbocycles. The second kappa shape index (κ2) is 12.1. The number of nitrogens with two attached hydrogens (primary N) is 2. The molecule has 2 aromatic rings. The van der Waals surface area contributed by atoms with Gasteiger partial charge in [-0.15, -0.1) is 0 Å². The van der Waals surface area contributed by atoms with Crippen molar-refractivity contribution in [1.29, 1.82) is 0 Å². The first-order valence-corrected chi connectivity index (χ1v) is 11.0. The molecule has 0 saturated heterocycles. The van der Waals surface area contributed by atoms with Crippen molar-refractivity contribution in [2.24, 2.45) is 11.5 Å². The molecular formula is C23H33FN6O3. The molecule has 0 radical (unpaired) electrons. The number of pyridine rings is 1. The van der Waals surface area contributed by atoms with Crippen LogP contribution in [0.3, 0.4) is 0 Å². The Hall–Kier alpha value is -3.24. The van der Waals surface area contributed by atoms with Crippen LogP contribution in [-0.4, -0.2) is 46.7 Å². The van der Waals surface area contributed by atoms with Gasteiger partial charge in [0.25, 0.3) is 5.91 Å². The predicted molar refractivity (Wildman–Crippen MR) is 126 cm³/mol. The van der Waals surface area contributed by atoms with Crippen molar-refractivity contribution in [3.63, 3.8) is 0 Å². The van der Waals surface area contributed by atoms with Gasteiger partial charge < -0.3 is 27.3 Å². The fourth-order valence-electron chi connectivity index (χ4n) is 3.56. The minimum atomic E-state index is -0.842. The van der Waals surface area contributed by atoms with Gasteiger partial charge in [-0.3, -0.25) is 9.59 Å². The average molecular weight is 461 g/mol. The highest BCUT2D eigenvalue weighted by Crippen LogP contribution is 2.28. The number of primary amides is 2. The monoisotopic (exact) mass is 460 g/mol. The molecule has 0 aliphatic carbocycles. The normalized spacial score (nSPS) is 12.9. The number of nitrogens with zero attached hydrogens (tertiary/aromatic N) is 2. The Balaban J connectivity index is 2.30. The Kier molecular flexibility index (Phi) is 9.56. The van der Waals surface area contributed by atoms with Gasteiger partial charge in [-0.2, -0.15) is 5.06 Å². The Morgan fingerprint density at radius 3 is 2.33 bits per heavy atom. The summed E-state index contributed by atoms with van der Waals surface area (Å²) in [7, 11) is 1.62. The van der Waals surface area contributed by atoms with Gasteiger partial charge in [0.1, 0.15) is 11.9 Å². The van der Waals surface area contributed by atoms with Gasteiger partial charge in [-0.1, -0.05) is 32.4 Å². The van der Waals surface area contributed by atoms with Crippen molar-refractivity contribution < 1.29 is 19.2 Å². The molecule has 9 nitrogen and oxygen atoms in total. The first-order valence-electron chi connectivity index (χ1n) is 11.0. The van der Waals surface area contributed by atoms with Crippen molar-refractivity contribution in [3.8, 4) is 0 Å². The third kappa shape index (κ3) is 7.40. The van der Waals surface area contributed by atoms with E-state index in [0.717, 1.165) is 30.9 Å². The zero-order chi connectivity index (χ0) is 24.5. The summed E-state index contributed by atoms with van der Waals surface area (Å²) in [5.41, 5.74) is 12.4. The summed E-state index contributed by atoms with van der Waals surface area (Å²) >= 11 is 0.